The SMILES string of the molecule is COc1ccc(C)cc1CCNC(=O)Nc1ccccc1F. The molecular weight excluding hydrogens is 283 g/mol. The van der Waals surface area contributed by atoms with Crippen LogP contribution in [0.4, 0.5) is 14.9 Å². The molecule has 4 nitrogen and oxygen atoms in total. The van der Waals surface area contributed by atoms with Gasteiger partial charge in [-0.3, -0.25) is 0 Å². The standard InChI is InChI=1S/C17H19FN2O2/c1-12-7-8-16(22-2)13(11-12)9-10-19-17(21)20-15-6-4-3-5-14(15)18/h3-8,11H,9-10H2,1-2H3,(H2,19,20,21). The Morgan fingerprint density at radius 2 is 2.00 bits per heavy atom. The van der Waals surface area contributed by atoms with E-state index < -0.39 is 11.8 Å². The average molecular weight is 302 g/mol. The summed E-state index contributed by atoms with van der Waals surface area (Å²) in [4.78, 5) is 11.8. The highest BCUT2D eigenvalue weighted by Gasteiger charge is 2.07. The van der Waals surface area contributed by atoms with Gasteiger partial charge in [-0.05, 0) is 37.1 Å². The van der Waals surface area contributed by atoms with Crippen molar-refractivity contribution >= 4 is 11.7 Å². The predicted molar refractivity (Wildman–Crippen MR) is 84.9 cm³/mol. The van der Waals surface area contributed by atoms with E-state index in [-0.39, 0.29) is 5.69 Å². The molecule has 22 heavy (non-hydrogen) atoms. The van der Waals surface area contributed by atoms with Crippen LogP contribution in [0.2, 0.25) is 0 Å². The fourth-order valence-electron chi connectivity index (χ4n) is 2.14. The normalized spacial score (nSPS) is 10.1. The molecule has 0 aliphatic carbocycles. The maximum absolute atomic E-state index is 13.4. The van der Waals surface area contributed by atoms with Crippen LogP contribution in [0.5, 0.6) is 5.75 Å². The molecule has 0 saturated carbocycles. The van der Waals surface area contributed by atoms with Crippen LogP contribution in [0.1, 0.15) is 11.1 Å². The number of urea groups is 1. The summed E-state index contributed by atoms with van der Waals surface area (Å²) in [5.41, 5.74) is 2.31. The monoisotopic (exact) mass is 302 g/mol. The number of carbonyl (C=O) groups is 1. The molecule has 0 atom stereocenters. The topological polar surface area (TPSA) is 50.4 Å². The Balaban J connectivity index is 1.87. The van der Waals surface area contributed by atoms with Gasteiger partial charge in [0.2, 0.25) is 0 Å². The van der Waals surface area contributed by atoms with E-state index in [1.165, 1.54) is 12.1 Å². The van der Waals surface area contributed by atoms with Crippen molar-refractivity contribution in [1.82, 2.24) is 5.32 Å². The van der Waals surface area contributed by atoms with E-state index >= 15 is 0 Å². The predicted octanol–water partition coefficient (Wildman–Crippen LogP) is 3.51. The Hall–Kier alpha value is -2.56. The molecule has 0 unspecified atom stereocenters. The van der Waals surface area contributed by atoms with Crippen LogP contribution >= 0.6 is 0 Å². The molecule has 0 spiro atoms. The Labute approximate surface area is 129 Å². The maximum atomic E-state index is 13.4. The summed E-state index contributed by atoms with van der Waals surface area (Å²) in [5.74, 6) is 0.333. The largest absolute Gasteiger partial charge is 0.496 e. The van der Waals surface area contributed by atoms with E-state index in [9.17, 15) is 9.18 Å². The molecule has 0 aromatic heterocycles. The Kier molecular flexibility index (Phi) is 5.36. The molecule has 0 saturated heterocycles. The second-order valence-corrected chi connectivity index (χ2v) is 4.93. The zero-order chi connectivity index (χ0) is 15.9. The van der Waals surface area contributed by atoms with Gasteiger partial charge in [-0.1, -0.05) is 29.8 Å². The van der Waals surface area contributed by atoms with Crippen LogP contribution < -0.4 is 15.4 Å². The Bertz CT molecular complexity index is 659. The van der Waals surface area contributed by atoms with Gasteiger partial charge in [0, 0.05) is 6.54 Å². The lowest BCUT2D eigenvalue weighted by atomic mass is 10.1. The summed E-state index contributed by atoms with van der Waals surface area (Å²) in [7, 11) is 1.62. The van der Waals surface area contributed by atoms with Gasteiger partial charge in [0.05, 0.1) is 12.8 Å². The van der Waals surface area contributed by atoms with E-state index in [1.54, 1.807) is 19.2 Å². The van der Waals surface area contributed by atoms with Gasteiger partial charge >= 0.3 is 6.03 Å². The number of ether oxygens (including phenoxy) is 1. The zero-order valence-corrected chi connectivity index (χ0v) is 12.7. The number of halogens is 1. The first kappa shape index (κ1) is 15.8. The van der Waals surface area contributed by atoms with Crippen LogP contribution in [0.3, 0.4) is 0 Å². The highest BCUT2D eigenvalue weighted by Crippen LogP contribution is 2.19. The zero-order valence-electron chi connectivity index (χ0n) is 12.7. The third-order valence-corrected chi connectivity index (χ3v) is 3.24. The van der Waals surface area contributed by atoms with Gasteiger partial charge in [-0.15, -0.1) is 0 Å². The number of aryl methyl sites for hydroxylation is 1. The molecule has 0 aliphatic heterocycles. The van der Waals surface area contributed by atoms with Crippen molar-refractivity contribution in [3.63, 3.8) is 0 Å². The van der Waals surface area contributed by atoms with Crippen molar-refractivity contribution in [2.45, 2.75) is 13.3 Å². The van der Waals surface area contributed by atoms with Crippen LogP contribution in [0.25, 0.3) is 0 Å². The summed E-state index contributed by atoms with van der Waals surface area (Å²) >= 11 is 0. The number of anilines is 1. The maximum Gasteiger partial charge on any atom is 0.319 e. The van der Waals surface area contributed by atoms with Crippen molar-refractivity contribution in [2.24, 2.45) is 0 Å². The molecule has 2 aromatic carbocycles. The molecule has 0 aliphatic rings. The molecule has 5 heteroatoms. The third-order valence-electron chi connectivity index (χ3n) is 3.24. The fourth-order valence-corrected chi connectivity index (χ4v) is 2.14. The van der Waals surface area contributed by atoms with E-state index in [1.807, 2.05) is 25.1 Å². The van der Waals surface area contributed by atoms with E-state index in [4.69, 9.17) is 4.74 Å². The second kappa shape index (κ2) is 7.45. The number of benzene rings is 2. The quantitative estimate of drug-likeness (QED) is 0.888. The Morgan fingerprint density at radius 1 is 1.23 bits per heavy atom. The molecule has 0 radical (unpaired) electrons. The molecule has 0 fully saturated rings. The van der Waals surface area contributed by atoms with Gasteiger partial charge in [0.1, 0.15) is 11.6 Å². The summed E-state index contributed by atoms with van der Waals surface area (Å²) in [5, 5.41) is 5.19. The molecule has 2 N–H and O–H groups in total. The minimum absolute atomic E-state index is 0.160. The number of nitrogens with one attached hydrogen (secondary N) is 2. The van der Waals surface area contributed by atoms with Gasteiger partial charge in [0.15, 0.2) is 0 Å². The number of hydrogen-bond donors (Lipinski definition) is 2. The number of hydrogen-bond acceptors (Lipinski definition) is 2. The third kappa shape index (κ3) is 4.22. The van der Waals surface area contributed by atoms with Gasteiger partial charge in [-0.2, -0.15) is 0 Å². The van der Waals surface area contributed by atoms with E-state index in [0.29, 0.717) is 13.0 Å². The lowest BCUT2D eigenvalue weighted by Gasteiger charge is -2.11. The van der Waals surface area contributed by atoms with Crippen molar-refractivity contribution in [3.8, 4) is 5.75 Å². The average Bonchev–Trinajstić information content (AvgIpc) is 2.50. The minimum Gasteiger partial charge on any atom is -0.496 e. The molecule has 0 bridgehead atoms. The highest BCUT2D eigenvalue weighted by atomic mass is 19.1. The number of rotatable bonds is 5. The molecule has 2 aromatic rings. The number of para-hydroxylation sites is 1. The van der Waals surface area contributed by atoms with Gasteiger partial charge < -0.3 is 15.4 Å². The molecule has 0 heterocycles. The first-order valence-corrected chi connectivity index (χ1v) is 7.03. The summed E-state index contributed by atoms with van der Waals surface area (Å²) in [6.45, 7) is 2.43. The minimum atomic E-state index is -0.460. The molecule has 116 valence electrons. The van der Waals surface area contributed by atoms with Crippen LogP contribution in [-0.2, 0) is 6.42 Å². The number of amides is 2. The first-order valence-electron chi connectivity index (χ1n) is 7.03. The smallest absolute Gasteiger partial charge is 0.319 e. The van der Waals surface area contributed by atoms with Crippen LogP contribution in [-0.4, -0.2) is 19.7 Å². The number of methoxy groups -OCH3 is 1. The second-order valence-electron chi connectivity index (χ2n) is 4.93. The van der Waals surface area contributed by atoms with Crippen molar-refractivity contribution < 1.29 is 13.9 Å². The lowest BCUT2D eigenvalue weighted by Crippen LogP contribution is -2.30. The van der Waals surface area contributed by atoms with E-state index in [2.05, 4.69) is 10.6 Å². The molecular formula is C17H19FN2O2. The van der Waals surface area contributed by atoms with E-state index in [0.717, 1.165) is 16.9 Å². The number of carbonyl (C=O) groups excluding carboxylic acids is 1. The van der Waals surface area contributed by atoms with Crippen LogP contribution in [0.15, 0.2) is 42.5 Å². The molecule has 2 rings (SSSR count). The lowest BCUT2D eigenvalue weighted by molar-refractivity contribution is 0.252. The fraction of sp³-hybridized carbons (Fsp3) is 0.235. The van der Waals surface area contributed by atoms with Gasteiger partial charge in [0.25, 0.3) is 0 Å². The summed E-state index contributed by atoms with van der Waals surface area (Å²) in [6.07, 6.45) is 0.634. The van der Waals surface area contributed by atoms with Crippen molar-refractivity contribution in [1.29, 1.82) is 0 Å². The highest BCUT2D eigenvalue weighted by molar-refractivity contribution is 5.89. The summed E-state index contributed by atoms with van der Waals surface area (Å²) in [6, 6.07) is 11.5. The molecule has 2 amide bonds. The van der Waals surface area contributed by atoms with Crippen molar-refractivity contribution in [3.05, 3.63) is 59.4 Å². The van der Waals surface area contributed by atoms with Gasteiger partial charge in [-0.25, -0.2) is 9.18 Å². The van der Waals surface area contributed by atoms with Crippen LogP contribution in [0, 0.1) is 12.7 Å². The Morgan fingerprint density at radius 3 is 2.73 bits per heavy atom. The summed E-state index contributed by atoms with van der Waals surface area (Å²) < 4.78 is 18.7. The van der Waals surface area contributed by atoms with Crippen molar-refractivity contribution in [2.75, 3.05) is 19.0 Å². The first-order chi connectivity index (χ1) is 10.6.